The SMILES string of the molecule is CCC(CC)N(CCOC)CCC(=O)NN. The van der Waals surface area contributed by atoms with Crippen molar-refractivity contribution in [2.24, 2.45) is 5.84 Å². The average Bonchev–Trinajstić information content (AvgIpc) is 2.32. The fourth-order valence-corrected chi connectivity index (χ4v) is 1.81. The summed E-state index contributed by atoms with van der Waals surface area (Å²) in [5.41, 5.74) is 2.15. The van der Waals surface area contributed by atoms with Gasteiger partial charge in [0.05, 0.1) is 6.61 Å². The van der Waals surface area contributed by atoms with Gasteiger partial charge in [0.25, 0.3) is 0 Å². The summed E-state index contributed by atoms with van der Waals surface area (Å²) >= 11 is 0. The molecule has 16 heavy (non-hydrogen) atoms. The molecule has 1 amide bonds. The van der Waals surface area contributed by atoms with Gasteiger partial charge >= 0.3 is 0 Å². The van der Waals surface area contributed by atoms with E-state index in [1.165, 1.54) is 0 Å². The Morgan fingerprint density at radius 2 is 2.00 bits per heavy atom. The van der Waals surface area contributed by atoms with Crippen molar-refractivity contribution in [3.05, 3.63) is 0 Å². The Morgan fingerprint density at radius 3 is 2.44 bits per heavy atom. The van der Waals surface area contributed by atoms with Crippen molar-refractivity contribution in [2.45, 2.75) is 39.2 Å². The molecule has 5 nitrogen and oxygen atoms in total. The highest BCUT2D eigenvalue weighted by molar-refractivity contribution is 5.75. The van der Waals surface area contributed by atoms with Gasteiger partial charge in [0.2, 0.25) is 5.91 Å². The molecule has 0 aliphatic rings. The van der Waals surface area contributed by atoms with E-state index in [0.29, 0.717) is 19.1 Å². The van der Waals surface area contributed by atoms with Crippen LogP contribution in [0, 0.1) is 0 Å². The van der Waals surface area contributed by atoms with E-state index in [-0.39, 0.29) is 5.91 Å². The number of nitrogens with two attached hydrogens (primary N) is 1. The molecule has 0 aromatic carbocycles. The van der Waals surface area contributed by atoms with Gasteiger partial charge in [0.15, 0.2) is 0 Å². The molecule has 0 aliphatic carbocycles. The van der Waals surface area contributed by atoms with Crippen LogP contribution in [0.3, 0.4) is 0 Å². The minimum absolute atomic E-state index is 0.117. The van der Waals surface area contributed by atoms with E-state index in [9.17, 15) is 4.79 Å². The van der Waals surface area contributed by atoms with Gasteiger partial charge in [-0.15, -0.1) is 0 Å². The summed E-state index contributed by atoms with van der Waals surface area (Å²) in [6.07, 6.45) is 2.62. The molecule has 0 aromatic heterocycles. The van der Waals surface area contributed by atoms with E-state index in [1.54, 1.807) is 7.11 Å². The number of hydrogen-bond donors (Lipinski definition) is 2. The Labute approximate surface area is 98.3 Å². The molecule has 0 fully saturated rings. The molecule has 0 unspecified atom stereocenters. The summed E-state index contributed by atoms with van der Waals surface area (Å²) < 4.78 is 5.08. The predicted molar refractivity (Wildman–Crippen MR) is 64.8 cm³/mol. The van der Waals surface area contributed by atoms with Gasteiger partial charge < -0.3 is 4.74 Å². The maximum atomic E-state index is 11.1. The van der Waals surface area contributed by atoms with E-state index < -0.39 is 0 Å². The Morgan fingerprint density at radius 1 is 1.38 bits per heavy atom. The third kappa shape index (κ3) is 6.05. The topological polar surface area (TPSA) is 67.6 Å². The first-order valence-corrected chi connectivity index (χ1v) is 5.91. The third-order valence-electron chi connectivity index (χ3n) is 2.83. The second kappa shape index (κ2) is 9.57. The zero-order valence-corrected chi connectivity index (χ0v) is 10.7. The quantitative estimate of drug-likeness (QED) is 0.344. The van der Waals surface area contributed by atoms with E-state index in [1.807, 2.05) is 0 Å². The van der Waals surface area contributed by atoms with Crippen LogP contribution in [0.2, 0.25) is 0 Å². The van der Waals surface area contributed by atoms with Crippen LogP contribution in [0.25, 0.3) is 0 Å². The molecule has 5 heteroatoms. The number of amides is 1. The van der Waals surface area contributed by atoms with Crippen molar-refractivity contribution in [1.82, 2.24) is 10.3 Å². The van der Waals surface area contributed by atoms with Gasteiger partial charge in [-0.3, -0.25) is 15.1 Å². The number of methoxy groups -OCH3 is 1. The number of nitrogens with zero attached hydrogens (tertiary/aromatic N) is 1. The normalized spacial score (nSPS) is 11.1. The summed E-state index contributed by atoms with van der Waals surface area (Å²) in [4.78, 5) is 13.4. The van der Waals surface area contributed by atoms with Gasteiger partial charge in [-0.1, -0.05) is 13.8 Å². The number of carbonyl (C=O) groups excluding carboxylic acids is 1. The molecule has 3 N–H and O–H groups in total. The molecule has 0 radical (unpaired) electrons. The average molecular weight is 231 g/mol. The van der Waals surface area contributed by atoms with E-state index >= 15 is 0 Å². The van der Waals surface area contributed by atoms with Crippen molar-refractivity contribution in [3.8, 4) is 0 Å². The molecule has 0 rings (SSSR count). The molecule has 0 heterocycles. The first-order valence-electron chi connectivity index (χ1n) is 5.91. The molecule has 0 aromatic rings. The summed E-state index contributed by atoms with van der Waals surface area (Å²) in [5.74, 6) is 4.94. The lowest BCUT2D eigenvalue weighted by atomic mass is 10.1. The fourth-order valence-electron chi connectivity index (χ4n) is 1.81. The highest BCUT2D eigenvalue weighted by Gasteiger charge is 2.15. The van der Waals surface area contributed by atoms with Crippen LogP contribution < -0.4 is 11.3 Å². The third-order valence-corrected chi connectivity index (χ3v) is 2.83. The van der Waals surface area contributed by atoms with Gasteiger partial charge in [-0.2, -0.15) is 0 Å². The number of hydrogen-bond acceptors (Lipinski definition) is 4. The van der Waals surface area contributed by atoms with Crippen LogP contribution in [-0.4, -0.2) is 43.7 Å². The number of rotatable bonds is 9. The van der Waals surface area contributed by atoms with Gasteiger partial charge in [-0.25, -0.2) is 5.84 Å². The molecule has 96 valence electrons. The van der Waals surface area contributed by atoms with Crippen molar-refractivity contribution in [2.75, 3.05) is 26.8 Å². The molecule has 0 atom stereocenters. The Bertz CT molecular complexity index is 184. The number of carbonyl (C=O) groups is 1. The molecule has 0 saturated carbocycles. The lowest BCUT2D eigenvalue weighted by molar-refractivity contribution is -0.121. The van der Waals surface area contributed by atoms with E-state index in [2.05, 4.69) is 24.2 Å². The van der Waals surface area contributed by atoms with Crippen molar-refractivity contribution in [1.29, 1.82) is 0 Å². The fraction of sp³-hybridized carbons (Fsp3) is 0.909. The van der Waals surface area contributed by atoms with Crippen molar-refractivity contribution < 1.29 is 9.53 Å². The molecule has 0 saturated heterocycles. The van der Waals surface area contributed by atoms with Gasteiger partial charge in [0.1, 0.15) is 0 Å². The van der Waals surface area contributed by atoms with E-state index in [4.69, 9.17) is 10.6 Å². The first kappa shape index (κ1) is 15.3. The van der Waals surface area contributed by atoms with Crippen molar-refractivity contribution >= 4 is 5.91 Å². The highest BCUT2D eigenvalue weighted by atomic mass is 16.5. The van der Waals surface area contributed by atoms with Crippen LogP contribution in [0.4, 0.5) is 0 Å². The number of nitrogens with one attached hydrogen (secondary N) is 1. The monoisotopic (exact) mass is 231 g/mol. The second-order valence-corrected chi connectivity index (χ2v) is 3.82. The van der Waals surface area contributed by atoms with Crippen LogP contribution in [0.5, 0.6) is 0 Å². The second-order valence-electron chi connectivity index (χ2n) is 3.82. The number of ether oxygens (including phenoxy) is 1. The van der Waals surface area contributed by atoms with Crippen molar-refractivity contribution in [3.63, 3.8) is 0 Å². The van der Waals surface area contributed by atoms with Crippen LogP contribution in [-0.2, 0) is 9.53 Å². The molecule has 0 bridgehead atoms. The predicted octanol–water partition coefficient (Wildman–Crippen LogP) is 0.503. The van der Waals surface area contributed by atoms with Crippen LogP contribution >= 0.6 is 0 Å². The van der Waals surface area contributed by atoms with E-state index in [0.717, 1.165) is 25.9 Å². The number of hydrazine groups is 1. The zero-order valence-electron chi connectivity index (χ0n) is 10.7. The smallest absolute Gasteiger partial charge is 0.235 e. The summed E-state index contributed by atoms with van der Waals surface area (Å²) in [7, 11) is 1.69. The Hall–Kier alpha value is -0.650. The first-order chi connectivity index (χ1) is 7.69. The Balaban J connectivity index is 4.12. The molecular formula is C11H25N3O2. The molecule has 0 aliphatic heterocycles. The zero-order chi connectivity index (χ0) is 12.4. The Kier molecular flexibility index (Phi) is 9.18. The summed E-state index contributed by atoms with van der Waals surface area (Å²) in [6, 6.07) is 0.515. The maximum Gasteiger partial charge on any atom is 0.235 e. The lowest BCUT2D eigenvalue weighted by Gasteiger charge is -2.29. The van der Waals surface area contributed by atoms with Gasteiger partial charge in [-0.05, 0) is 12.8 Å². The van der Waals surface area contributed by atoms with Gasteiger partial charge in [0, 0.05) is 32.7 Å². The minimum Gasteiger partial charge on any atom is -0.383 e. The van der Waals surface area contributed by atoms with Crippen LogP contribution in [0.1, 0.15) is 33.1 Å². The maximum absolute atomic E-state index is 11.1. The lowest BCUT2D eigenvalue weighted by Crippen LogP contribution is -2.40. The highest BCUT2D eigenvalue weighted by Crippen LogP contribution is 2.08. The standard InChI is InChI=1S/C11H25N3O2/c1-4-10(5-2)14(8-9-16-3)7-6-11(15)13-12/h10H,4-9,12H2,1-3H3,(H,13,15). The summed E-state index contributed by atoms with van der Waals surface area (Å²) in [6.45, 7) is 6.62. The minimum atomic E-state index is -0.117. The molecular weight excluding hydrogens is 206 g/mol. The van der Waals surface area contributed by atoms with Crippen LogP contribution in [0.15, 0.2) is 0 Å². The largest absolute Gasteiger partial charge is 0.383 e. The molecule has 0 spiro atoms. The summed E-state index contributed by atoms with van der Waals surface area (Å²) in [5, 5.41) is 0.